The zero-order chi connectivity index (χ0) is 15.9. The Morgan fingerprint density at radius 2 is 1.90 bits per heavy atom. The van der Waals surface area contributed by atoms with Gasteiger partial charge in [-0.05, 0) is 13.8 Å². The van der Waals surface area contributed by atoms with Crippen LogP contribution in [0.3, 0.4) is 0 Å². The fourth-order valence-corrected chi connectivity index (χ4v) is 2.98. The van der Waals surface area contributed by atoms with Gasteiger partial charge in [0.2, 0.25) is 10.0 Å². The molecule has 1 rings (SSSR count). The molecule has 7 nitrogen and oxygen atoms in total. The van der Waals surface area contributed by atoms with Crippen LogP contribution in [0, 0.1) is 13.8 Å². The van der Waals surface area contributed by atoms with Crippen LogP contribution in [0.4, 0.5) is 0 Å². The molecule has 0 aromatic carbocycles. The van der Waals surface area contributed by atoms with Crippen LogP contribution in [0.5, 0.6) is 0 Å². The van der Waals surface area contributed by atoms with Gasteiger partial charge in [-0.2, -0.15) is 0 Å². The van der Waals surface area contributed by atoms with Gasteiger partial charge in [-0.3, -0.25) is 4.99 Å². The molecule has 0 saturated carbocycles. The van der Waals surface area contributed by atoms with Gasteiger partial charge in [0.05, 0.1) is 17.0 Å². The number of aliphatic imine (C=N–C) groups is 1. The topological polar surface area (TPSA) is 95.5 Å². The van der Waals surface area contributed by atoms with Crippen LogP contribution in [-0.2, 0) is 16.4 Å². The van der Waals surface area contributed by atoms with Crippen molar-refractivity contribution in [3.05, 3.63) is 15.6 Å². The third-order valence-electron chi connectivity index (χ3n) is 2.71. The van der Waals surface area contributed by atoms with Crippen LogP contribution in [-0.4, -0.2) is 52.3 Å². The summed E-state index contributed by atoms with van der Waals surface area (Å²) in [6.07, 6.45) is 1.97. The molecular weight excluding hydrogens is 310 g/mol. The minimum atomic E-state index is -3.14. The van der Waals surface area contributed by atoms with Gasteiger partial charge in [0.15, 0.2) is 5.96 Å². The maximum Gasteiger partial charge on any atom is 0.208 e. The first kappa shape index (κ1) is 17.9. The highest BCUT2D eigenvalue weighted by Gasteiger charge is 2.04. The van der Waals surface area contributed by atoms with E-state index in [1.165, 1.54) is 4.88 Å². The van der Waals surface area contributed by atoms with Gasteiger partial charge < -0.3 is 10.6 Å². The van der Waals surface area contributed by atoms with Crippen molar-refractivity contribution < 1.29 is 8.42 Å². The molecule has 9 heteroatoms. The van der Waals surface area contributed by atoms with Crippen LogP contribution >= 0.6 is 11.3 Å². The minimum absolute atomic E-state index is 0.324. The molecule has 0 atom stereocenters. The monoisotopic (exact) mass is 333 g/mol. The summed E-state index contributed by atoms with van der Waals surface area (Å²) < 4.78 is 24.2. The summed E-state index contributed by atoms with van der Waals surface area (Å²) in [7, 11) is -1.46. The molecular formula is C12H23N5O2S2. The van der Waals surface area contributed by atoms with E-state index in [9.17, 15) is 8.42 Å². The molecule has 3 N–H and O–H groups in total. The second-order valence-corrected chi connectivity index (χ2v) is 7.71. The van der Waals surface area contributed by atoms with Crippen molar-refractivity contribution in [1.29, 1.82) is 0 Å². The van der Waals surface area contributed by atoms with Crippen LogP contribution in [0.15, 0.2) is 4.99 Å². The normalized spacial score (nSPS) is 12.5. The van der Waals surface area contributed by atoms with Gasteiger partial charge in [0, 0.05) is 38.0 Å². The van der Waals surface area contributed by atoms with E-state index in [0.717, 1.165) is 29.9 Å². The van der Waals surface area contributed by atoms with Crippen molar-refractivity contribution in [2.75, 3.05) is 32.9 Å². The fourth-order valence-electron chi connectivity index (χ4n) is 1.57. The Hall–Kier alpha value is -1.19. The van der Waals surface area contributed by atoms with E-state index in [1.807, 2.05) is 6.92 Å². The molecule has 0 bridgehead atoms. The van der Waals surface area contributed by atoms with E-state index in [2.05, 4.69) is 32.3 Å². The molecule has 21 heavy (non-hydrogen) atoms. The van der Waals surface area contributed by atoms with E-state index < -0.39 is 10.0 Å². The number of guanidine groups is 1. The number of nitrogens with zero attached hydrogens (tertiary/aromatic N) is 2. The molecule has 0 amide bonds. The summed E-state index contributed by atoms with van der Waals surface area (Å²) in [4.78, 5) is 9.80. The summed E-state index contributed by atoms with van der Waals surface area (Å²) in [5, 5.41) is 7.32. The third-order valence-corrected chi connectivity index (χ3v) is 4.57. The largest absolute Gasteiger partial charge is 0.356 e. The number of hydrogen-bond donors (Lipinski definition) is 3. The Bertz CT molecular complexity index is 561. The van der Waals surface area contributed by atoms with Crippen LogP contribution in [0.25, 0.3) is 0 Å². The SMILES string of the molecule is CN=C(NCCNS(C)(=O)=O)NCCc1nc(C)c(C)s1. The molecule has 1 aromatic rings. The summed E-state index contributed by atoms with van der Waals surface area (Å²) in [6, 6.07) is 0. The zero-order valence-electron chi connectivity index (χ0n) is 12.9. The van der Waals surface area contributed by atoms with E-state index in [-0.39, 0.29) is 0 Å². The lowest BCUT2D eigenvalue weighted by atomic mass is 10.4. The van der Waals surface area contributed by atoms with E-state index in [1.54, 1.807) is 18.4 Å². The van der Waals surface area contributed by atoms with Crippen molar-refractivity contribution in [2.45, 2.75) is 20.3 Å². The molecule has 0 saturated heterocycles. The molecule has 120 valence electrons. The van der Waals surface area contributed by atoms with Crippen LogP contribution in [0.1, 0.15) is 15.6 Å². The Kier molecular flexibility index (Phi) is 7.06. The van der Waals surface area contributed by atoms with E-state index in [0.29, 0.717) is 19.0 Å². The number of aromatic nitrogens is 1. The molecule has 1 aromatic heterocycles. The second kappa shape index (κ2) is 8.30. The molecule has 0 aliphatic rings. The first-order valence-electron chi connectivity index (χ1n) is 6.64. The van der Waals surface area contributed by atoms with Crippen LogP contribution < -0.4 is 15.4 Å². The third kappa shape index (κ3) is 7.39. The molecule has 0 aliphatic carbocycles. The molecule has 0 radical (unpaired) electrons. The second-order valence-electron chi connectivity index (χ2n) is 4.59. The van der Waals surface area contributed by atoms with Gasteiger partial charge in [-0.15, -0.1) is 11.3 Å². The number of sulfonamides is 1. The van der Waals surface area contributed by atoms with Crippen molar-refractivity contribution in [1.82, 2.24) is 20.3 Å². The quantitative estimate of drug-likeness (QED) is 0.371. The molecule has 1 heterocycles. The number of nitrogens with one attached hydrogen (secondary N) is 3. The lowest BCUT2D eigenvalue weighted by molar-refractivity contribution is 0.586. The Morgan fingerprint density at radius 3 is 2.43 bits per heavy atom. The highest BCUT2D eigenvalue weighted by Crippen LogP contribution is 2.16. The first-order chi connectivity index (χ1) is 9.81. The maximum absolute atomic E-state index is 10.9. The number of aryl methyl sites for hydroxylation is 2. The zero-order valence-corrected chi connectivity index (χ0v) is 14.5. The van der Waals surface area contributed by atoms with Gasteiger partial charge in [0.25, 0.3) is 0 Å². The average molecular weight is 333 g/mol. The fraction of sp³-hybridized carbons (Fsp3) is 0.667. The highest BCUT2D eigenvalue weighted by molar-refractivity contribution is 7.88. The predicted molar refractivity (Wildman–Crippen MR) is 87.5 cm³/mol. The Morgan fingerprint density at radius 1 is 1.24 bits per heavy atom. The number of rotatable bonds is 7. The lowest BCUT2D eigenvalue weighted by Crippen LogP contribution is -2.42. The summed E-state index contributed by atoms with van der Waals surface area (Å²) >= 11 is 1.71. The van der Waals surface area contributed by atoms with Crippen molar-refractivity contribution >= 4 is 27.3 Å². The van der Waals surface area contributed by atoms with Crippen molar-refractivity contribution in [3.63, 3.8) is 0 Å². The molecule has 0 spiro atoms. The number of hydrogen-bond acceptors (Lipinski definition) is 5. The summed E-state index contributed by atoms with van der Waals surface area (Å²) in [5.74, 6) is 0.648. The van der Waals surface area contributed by atoms with Crippen molar-refractivity contribution in [2.24, 2.45) is 4.99 Å². The van der Waals surface area contributed by atoms with Crippen LogP contribution in [0.2, 0.25) is 0 Å². The molecule has 0 aliphatic heterocycles. The lowest BCUT2D eigenvalue weighted by Gasteiger charge is -2.11. The van der Waals surface area contributed by atoms with Gasteiger partial charge in [-0.1, -0.05) is 0 Å². The number of thiazole rings is 1. The predicted octanol–water partition coefficient (Wildman–Crippen LogP) is 0.0166. The van der Waals surface area contributed by atoms with Gasteiger partial charge in [-0.25, -0.2) is 18.1 Å². The standard InChI is InChI=1S/C12H23N5O2S2/c1-9-10(2)20-11(17-9)5-6-14-12(13-3)15-7-8-16-21(4,18)19/h16H,5-8H2,1-4H3,(H2,13,14,15). The van der Waals surface area contributed by atoms with E-state index in [4.69, 9.17) is 0 Å². The highest BCUT2D eigenvalue weighted by atomic mass is 32.2. The van der Waals surface area contributed by atoms with Crippen molar-refractivity contribution in [3.8, 4) is 0 Å². The summed E-state index contributed by atoms with van der Waals surface area (Å²) in [6.45, 7) is 5.61. The average Bonchev–Trinajstić information content (AvgIpc) is 2.70. The smallest absolute Gasteiger partial charge is 0.208 e. The molecule has 0 unspecified atom stereocenters. The van der Waals surface area contributed by atoms with Gasteiger partial charge >= 0.3 is 0 Å². The first-order valence-corrected chi connectivity index (χ1v) is 9.34. The minimum Gasteiger partial charge on any atom is -0.356 e. The Balaban J connectivity index is 2.25. The maximum atomic E-state index is 10.9. The van der Waals surface area contributed by atoms with E-state index >= 15 is 0 Å². The Labute approximate surface area is 130 Å². The molecule has 0 fully saturated rings. The van der Waals surface area contributed by atoms with Gasteiger partial charge in [0.1, 0.15) is 0 Å². The summed E-state index contributed by atoms with van der Waals surface area (Å²) in [5.41, 5.74) is 1.09.